The van der Waals surface area contributed by atoms with Gasteiger partial charge in [-0.15, -0.1) is 0 Å². The van der Waals surface area contributed by atoms with E-state index in [0.29, 0.717) is 0 Å². The number of nitrogens with two attached hydrogens (primary N) is 1. The molecule has 0 saturated heterocycles. The Labute approximate surface area is 107 Å². The Morgan fingerprint density at radius 3 is 2.68 bits per heavy atom. The minimum atomic E-state index is -2.96. The van der Waals surface area contributed by atoms with Crippen molar-refractivity contribution < 1.29 is 18.3 Å². The topological polar surface area (TPSA) is 65.2 Å². The molecule has 4 nitrogen and oxygen atoms in total. The molecule has 0 amide bonds. The number of carbonyl (C=O) groups is 1. The minimum absolute atomic E-state index is 0.0804. The van der Waals surface area contributed by atoms with Crippen LogP contribution in [0.4, 0.5) is 14.5 Å². The van der Waals surface area contributed by atoms with Gasteiger partial charge in [0, 0.05) is 11.9 Å². The van der Waals surface area contributed by atoms with Crippen molar-refractivity contribution in [3.05, 3.63) is 53.9 Å². The van der Waals surface area contributed by atoms with Crippen LogP contribution in [0.5, 0.6) is 5.75 Å². The van der Waals surface area contributed by atoms with Crippen LogP contribution in [-0.4, -0.2) is 17.4 Å². The number of alkyl halides is 2. The van der Waals surface area contributed by atoms with E-state index in [-0.39, 0.29) is 22.7 Å². The standard InChI is InChI=1S/C13H10F2N2O2/c14-13(15)19-8-4-5-10(16)9(7-8)12(18)11-3-1-2-6-17-11/h1-7,13H,16H2. The summed E-state index contributed by atoms with van der Waals surface area (Å²) in [5, 5.41) is 0. The number of ketones is 1. The first-order valence-electron chi connectivity index (χ1n) is 5.38. The summed E-state index contributed by atoms with van der Waals surface area (Å²) in [6.07, 6.45) is 1.46. The van der Waals surface area contributed by atoms with E-state index in [1.807, 2.05) is 0 Å². The second kappa shape index (κ2) is 5.43. The van der Waals surface area contributed by atoms with Crippen LogP contribution in [0, 0.1) is 0 Å². The average molecular weight is 264 g/mol. The van der Waals surface area contributed by atoms with E-state index in [1.54, 1.807) is 12.1 Å². The third-order valence-corrected chi connectivity index (χ3v) is 2.39. The number of ether oxygens (including phenoxy) is 1. The molecule has 0 bridgehead atoms. The highest BCUT2D eigenvalue weighted by Crippen LogP contribution is 2.23. The SMILES string of the molecule is Nc1ccc(OC(F)F)cc1C(=O)c1ccccn1. The Balaban J connectivity index is 2.36. The van der Waals surface area contributed by atoms with Gasteiger partial charge in [0.05, 0.1) is 5.56 Å². The molecule has 0 aliphatic heterocycles. The first kappa shape index (κ1) is 12.9. The summed E-state index contributed by atoms with van der Waals surface area (Å²) >= 11 is 0. The second-order valence-corrected chi connectivity index (χ2v) is 3.67. The fraction of sp³-hybridized carbons (Fsp3) is 0.0769. The zero-order chi connectivity index (χ0) is 13.8. The summed E-state index contributed by atoms with van der Waals surface area (Å²) in [6.45, 7) is -2.96. The number of nitrogens with zero attached hydrogens (tertiary/aromatic N) is 1. The van der Waals surface area contributed by atoms with Gasteiger partial charge in [0.2, 0.25) is 5.78 Å². The summed E-state index contributed by atoms with van der Waals surface area (Å²) in [7, 11) is 0. The van der Waals surface area contributed by atoms with Gasteiger partial charge in [-0.2, -0.15) is 8.78 Å². The molecule has 0 aliphatic carbocycles. The highest BCUT2D eigenvalue weighted by molar-refractivity contribution is 6.11. The predicted octanol–water partition coefficient (Wildman–Crippen LogP) is 2.50. The maximum absolute atomic E-state index is 12.1. The molecule has 0 spiro atoms. The van der Waals surface area contributed by atoms with Gasteiger partial charge < -0.3 is 10.5 Å². The van der Waals surface area contributed by atoms with Crippen LogP contribution < -0.4 is 10.5 Å². The fourth-order valence-electron chi connectivity index (χ4n) is 1.54. The molecular formula is C13H10F2N2O2. The number of hydrogen-bond acceptors (Lipinski definition) is 4. The van der Waals surface area contributed by atoms with E-state index < -0.39 is 12.4 Å². The largest absolute Gasteiger partial charge is 0.435 e. The molecule has 0 aliphatic rings. The van der Waals surface area contributed by atoms with Gasteiger partial charge in [-0.05, 0) is 30.3 Å². The highest BCUT2D eigenvalue weighted by Gasteiger charge is 2.15. The Morgan fingerprint density at radius 1 is 1.26 bits per heavy atom. The molecule has 0 radical (unpaired) electrons. The maximum Gasteiger partial charge on any atom is 0.387 e. The first-order valence-corrected chi connectivity index (χ1v) is 5.38. The number of halogens is 2. The first-order chi connectivity index (χ1) is 9.08. The molecular weight excluding hydrogens is 254 g/mol. The van der Waals surface area contributed by atoms with Crippen LogP contribution in [0.2, 0.25) is 0 Å². The van der Waals surface area contributed by atoms with E-state index in [1.165, 1.54) is 30.5 Å². The average Bonchev–Trinajstić information content (AvgIpc) is 2.40. The van der Waals surface area contributed by atoms with E-state index in [4.69, 9.17) is 5.73 Å². The molecule has 19 heavy (non-hydrogen) atoms. The summed E-state index contributed by atoms with van der Waals surface area (Å²) in [5.41, 5.74) is 6.11. The van der Waals surface area contributed by atoms with Gasteiger partial charge in [0.1, 0.15) is 11.4 Å². The normalized spacial score (nSPS) is 10.5. The Morgan fingerprint density at radius 2 is 2.05 bits per heavy atom. The molecule has 2 N–H and O–H groups in total. The van der Waals surface area contributed by atoms with Gasteiger partial charge in [-0.3, -0.25) is 9.78 Å². The van der Waals surface area contributed by atoms with Gasteiger partial charge >= 0.3 is 6.61 Å². The van der Waals surface area contributed by atoms with E-state index in [2.05, 4.69) is 9.72 Å². The molecule has 2 aromatic rings. The number of anilines is 1. The van der Waals surface area contributed by atoms with Crippen LogP contribution in [0.3, 0.4) is 0 Å². The fourth-order valence-corrected chi connectivity index (χ4v) is 1.54. The van der Waals surface area contributed by atoms with Crippen LogP contribution in [-0.2, 0) is 0 Å². The quantitative estimate of drug-likeness (QED) is 0.680. The van der Waals surface area contributed by atoms with Gasteiger partial charge in [0.15, 0.2) is 0 Å². The number of carbonyl (C=O) groups excluding carboxylic acids is 1. The molecule has 0 fully saturated rings. The molecule has 0 atom stereocenters. The number of pyridine rings is 1. The number of benzene rings is 1. The lowest BCUT2D eigenvalue weighted by Gasteiger charge is -2.08. The Kier molecular flexibility index (Phi) is 3.70. The Hall–Kier alpha value is -2.50. The molecule has 0 saturated carbocycles. The van der Waals surface area contributed by atoms with Crippen molar-refractivity contribution >= 4 is 11.5 Å². The minimum Gasteiger partial charge on any atom is -0.435 e. The molecule has 2 rings (SSSR count). The van der Waals surface area contributed by atoms with E-state index in [0.717, 1.165) is 0 Å². The van der Waals surface area contributed by atoms with Crippen molar-refractivity contribution in [3.63, 3.8) is 0 Å². The van der Waals surface area contributed by atoms with Gasteiger partial charge in [0.25, 0.3) is 0 Å². The molecule has 98 valence electrons. The Bertz CT molecular complexity index is 588. The van der Waals surface area contributed by atoms with Crippen molar-refractivity contribution in [2.24, 2.45) is 0 Å². The number of rotatable bonds is 4. The van der Waals surface area contributed by atoms with Crippen molar-refractivity contribution in [1.82, 2.24) is 4.98 Å². The predicted molar refractivity (Wildman–Crippen MR) is 65.2 cm³/mol. The maximum atomic E-state index is 12.1. The molecule has 1 aromatic heterocycles. The van der Waals surface area contributed by atoms with E-state index in [9.17, 15) is 13.6 Å². The van der Waals surface area contributed by atoms with Crippen LogP contribution in [0.15, 0.2) is 42.6 Å². The van der Waals surface area contributed by atoms with Crippen molar-refractivity contribution in [2.75, 3.05) is 5.73 Å². The number of hydrogen-bond donors (Lipinski definition) is 1. The lowest BCUT2D eigenvalue weighted by Crippen LogP contribution is -2.09. The summed E-state index contributed by atoms with van der Waals surface area (Å²) in [5.74, 6) is -0.568. The lowest BCUT2D eigenvalue weighted by molar-refractivity contribution is -0.0498. The van der Waals surface area contributed by atoms with Crippen LogP contribution >= 0.6 is 0 Å². The highest BCUT2D eigenvalue weighted by atomic mass is 19.3. The van der Waals surface area contributed by atoms with Crippen LogP contribution in [0.1, 0.15) is 16.1 Å². The zero-order valence-corrected chi connectivity index (χ0v) is 9.72. The third kappa shape index (κ3) is 3.04. The van der Waals surface area contributed by atoms with E-state index >= 15 is 0 Å². The number of aromatic nitrogens is 1. The lowest BCUT2D eigenvalue weighted by atomic mass is 10.1. The second-order valence-electron chi connectivity index (χ2n) is 3.67. The molecule has 1 aromatic carbocycles. The summed E-state index contributed by atoms with van der Waals surface area (Å²) in [4.78, 5) is 16.0. The van der Waals surface area contributed by atoms with Crippen molar-refractivity contribution in [1.29, 1.82) is 0 Å². The van der Waals surface area contributed by atoms with Gasteiger partial charge in [-0.1, -0.05) is 6.07 Å². The molecule has 6 heteroatoms. The number of nitrogen functional groups attached to an aromatic ring is 1. The smallest absolute Gasteiger partial charge is 0.387 e. The summed E-state index contributed by atoms with van der Waals surface area (Å²) < 4.78 is 28.5. The monoisotopic (exact) mass is 264 g/mol. The van der Waals surface area contributed by atoms with Gasteiger partial charge in [-0.25, -0.2) is 0 Å². The third-order valence-electron chi connectivity index (χ3n) is 2.39. The van der Waals surface area contributed by atoms with Crippen molar-refractivity contribution in [3.8, 4) is 5.75 Å². The summed E-state index contributed by atoms with van der Waals surface area (Å²) in [6, 6.07) is 8.62. The zero-order valence-electron chi connectivity index (χ0n) is 9.72. The molecule has 1 heterocycles. The van der Waals surface area contributed by atoms with Crippen molar-refractivity contribution in [2.45, 2.75) is 6.61 Å². The molecule has 0 unspecified atom stereocenters. The van der Waals surface area contributed by atoms with Crippen LogP contribution in [0.25, 0.3) is 0 Å².